The fraction of sp³-hybridized carbons (Fsp3) is 0.714. The van der Waals surface area contributed by atoms with E-state index < -0.39 is 0 Å². The van der Waals surface area contributed by atoms with Crippen molar-refractivity contribution in [1.82, 2.24) is 9.78 Å². The van der Waals surface area contributed by atoms with Gasteiger partial charge in [0.2, 0.25) is 0 Å². The van der Waals surface area contributed by atoms with Crippen molar-refractivity contribution in [2.45, 2.75) is 58.4 Å². The van der Waals surface area contributed by atoms with Crippen LogP contribution in [0.1, 0.15) is 62.4 Å². The van der Waals surface area contributed by atoms with E-state index in [0.717, 1.165) is 25.7 Å². The van der Waals surface area contributed by atoms with E-state index in [9.17, 15) is 4.79 Å². The Morgan fingerprint density at radius 3 is 2.56 bits per heavy atom. The molecule has 100 valence electrons. The molecule has 0 unspecified atom stereocenters. The van der Waals surface area contributed by atoms with Gasteiger partial charge in [0.05, 0.1) is 11.2 Å². The van der Waals surface area contributed by atoms with Crippen molar-refractivity contribution in [1.29, 1.82) is 0 Å². The van der Waals surface area contributed by atoms with E-state index in [0.29, 0.717) is 17.3 Å². The Balaban J connectivity index is 2.15. The Morgan fingerprint density at radius 2 is 1.94 bits per heavy atom. The van der Waals surface area contributed by atoms with Crippen molar-refractivity contribution in [2.75, 3.05) is 0 Å². The summed E-state index contributed by atoms with van der Waals surface area (Å²) >= 11 is 6.11. The molecule has 1 saturated carbocycles. The zero-order valence-electron chi connectivity index (χ0n) is 11.0. The molecule has 1 fully saturated rings. The molecule has 1 heterocycles. The van der Waals surface area contributed by atoms with Crippen LogP contribution in [0, 0.1) is 5.92 Å². The molecule has 0 radical (unpaired) electrons. The number of aromatic nitrogens is 2. The highest BCUT2D eigenvalue weighted by atomic mass is 35.5. The van der Waals surface area contributed by atoms with Gasteiger partial charge in [-0.15, -0.1) is 0 Å². The fourth-order valence-electron chi connectivity index (χ4n) is 2.76. The maximum Gasteiger partial charge on any atom is 0.185 e. The molecular formula is C14H21ClN2O. The number of aryl methyl sites for hydroxylation is 1. The largest absolute Gasteiger partial charge is 0.292 e. The van der Waals surface area contributed by atoms with E-state index in [2.05, 4.69) is 5.10 Å². The molecule has 1 aromatic rings. The number of Topliss-reactive ketones (excluding diaryl/α,β-unsaturated/α-hetero) is 1. The van der Waals surface area contributed by atoms with Crippen LogP contribution in [0.3, 0.4) is 0 Å². The molecule has 2 rings (SSSR count). The van der Waals surface area contributed by atoms with Crippen LogP contribution in [0.25, 0.3) is 0 Å². The number of hydrogen-bond acceptors (Lipinski definition) is 2. The van der Waals surface area contributed by atoms with Gasteiger partial charge in [0.1, 0.15) is 5.69 Å². The van der Waals surface area contributed by atoms with Gasteiger partial charge in [0.15, 0.2) is 5.78 Å². The summed E-state index contributed by atoms with van der Waals surface area (Å²) in [5.41, 5.74) is 0.616. The van der Waals surface area contributed by atoms with Gasteiger partial charge in [0, 0.05) is 12.5 Å². The minimum absolute atomic E-state index is 0.143. The molecule has 0 aliphatic heterocycles. The first-order chi connectivity index (χ1) is 8.74. The summed E-state index contributed by atoms with van der Waals surface area (Å²) in [5, 5.41) is 4.66. The van der Waals surface area contributed by atoms with Gasteiger partial charge in [-0.05, 0) is 19.8 Å². The third kappa shape index (κ3) is 2.94. The van der Waals surface area contributed by atoms with Gasteiger partial charge in [-0.1, -0.05) is 43.7 Å². The average molecular weight is 269 g/mol. The number of rotatable bonds is 3. The Kier molecular flexibility index (Phi) is 4.81. The van der Waals surface area contributed by atoms with E-state index in [1.54, 1.807) is 10.9 Å². The summed E-state index contributed by atoms with van der Waals surface area (Å²) in [7, 11) is 0. The van der Waals surface area contributed by atoms with Crippen molar-refractivity contribution in [3.63, 3.8) is 0 Å². The van der Waals surface area contributed by atoms with E-state index >= 15 is 0 Å². The second-order valence-corrected chi connectivity index (χ2v) is 5.47. The number of hydrogen-bond donors (Lipinski definition) is 0. The first kappa shape index (κ1) is 13.6. The number of carbonyl (C=O) groups is 1. The monoisotopic (exact) mass is 268 g/mol. The molecule has 0 atom stereocenters. The Hall–Kier alpha value is -0.830. The van der Waals surface area contributed by atoms with Crippen molar-refractivity contribution in [3.8, 4) is 0 Å². The van der Waals surface area contributed by atoms with Crippen LogP contribution in [0.4, 0.5) is 0 Å². The van der Waals surface area contributed by atoms with Crippen LogP contribution in [0.5, 0.6) is 0 Å². The van der Waals surface area contributed by atoms with Crippen LogP contribution >= 0.6 is 11.6 Å². The maximum absolute atomic E-state index is 12.6. The topological polar surface area (TPSA) is 34.9 Å². The van der Waals surface area contributed by atoms with E-state index in [1.165, 1.54) is 19.3 Å². The van der Waals surface area contributed by atoms with E-state index in [4.69, 9.17) is 11.6 Å². The zero-order valence-corrected chi connectivity index (χ0v) is 11.7. The predicted molar refractivity (Wildman–Crippen MR) is 73.1 cm³/mol. The minimum atomic E-state index is 0.143. The van der Waals surface area contributed by atoms with Crippen molar-refractivity contribution in [2.24, 2.45) is 5.92 Å². The van der Waals surface area contributed by atoms with Crippen LogP contribution in [0.15, 0.2) is 6.20 Å². The molecule has 1 aliphatic rings. The third-order valence-corrected chi connectivity index (χ3v) is 4.08. The molecule has 0 bridgehead atoms. The Labute approximate surface area is 114 Å². The fourth-order valence-corrected chi connectivity index (χ4v) is 2.99. The summed E-state index contributed by atoms with van der Waals surface area (Å²) in [6.07, 6.45) is 9.74. The lowest BCUT2D eigenvalue weighted by Gasteiger charge is -2.19. The molecule has 18 heavy (non-hydrogen) atoms. The highest BCUT2D eigenvalue weighted by Crippen LogP contribution is 2.28. The number of ketones is 1. The smallest absolute Gasteiger partial charge is 0.185 e. The predicted octanol–water partition coefficient (Wildman–Crippen LogP) is 4.10. The molecule has 1 aromatic heterocycles. The molecular weight excluding hydrogens is 248 g/mol. The van der Waals surface area contributed by atoms with Crippen LogP contribution < -0.4 is 0 Å². The SMILES string of the molecule is CCn1ncc(Cl)c1C(=O)C1CCCCCCC1. The van der Waals surface area contributed by atoms with Gasteiger partial charge in [-0.3, -0.25) is 9.48 Å². The minimum Gasteiger partial charge on any atom is -0.292 e. The standard InChI is InChI=1S/C14H21ClN2O/c1-2-17-13(12(15)10-16-17)14(18)11-8-6-4-3-5-7-9-11/h10-11H,2-9H2,1H3. The van der Waals surface area contributed by atoms with Gasteiger partial charge >= 0.3 is 0 Å². The summed E-state index contributed by atoms with van der Waals surface area (Å²) < 4.78 is 1.73. The lowest BCUT2D eigenvalue weighted by molar-refractivity contribution is 0.0887. The molecule has 0 spiro atoms. The maximum atomic E-state index is 12.6. The lowest BCUT2D eigenvalue weighted by atomic mass is 9.87. The van der Waals surface area contributed by atoms with E-state index in [-0.39, 0.29) is 11.7 Å². The van der Waals surface area contributed by atoms with E-state index in [1.807, 2.05) is 6.92 Å². The van der Waals surface area contributed by atoms with Crippen LogP contribution in [0.2, 0.25) is 5.02 Å². The second-order valence-electron chi connectivity index (χ2n) is 5.06. The molecule has 0 saturated heterocycles. The third-order valence-electron chi connectivity index (χ3n) is 3.80. The number of nitrogens with zero attached hydrogens (tertiary/aromatic N) is 2. The molecule has 1 aliphatic carbocycles. The zero-order chi connectivity index (χ0) is 13.0. The highest BCUT2D eigenvalue weighted by molar-refractivity contribution is 6.33. The van der Waals surface area contributed by atoms with Crippen molar-refractivity contribution >= 4 is 17.4 Å². The normalized spacial score (nSPS) is 18.3. The quantitative estimate of drug-likeness (QED) is 0.774. The highest BCUT2D eigenvalue weighted by Gasteiger charge is 2.25. The first-order valence-corrected chi connectivity index (χ1v) is 7.37. The molecule has 4 heteroatoms. The summed E-state index contributed by atoms with van der Waals surface area (Å²) in [6, 6.07) is 0. The molecule has 3 nitrogen and oxygen atoms in total. The van der Waals surface area contributed by atoms with Crippen molar-refractivity contribution < 1.29 is 4.79 Å². The Bertz CT molecular complexity index is 406. The van der Waals surface area contributed by atoms with Crippen LogP contribution in [-0.4, -0.2) is 15.6 Å². The molecule has 0 amide bonds. The van der Waals surface area contributed by atoms with Crippen molar-refractivity contribution in [3.05, 3.63) is 16.9 Å². The average Bonchev–Trinajstić information content (AvgIpc) is 2.69. The Morgan fingerprint density at radius 1 is 1.33 bits per heavy atom. The first-order valence-electron chi connectivity index (χ1n) is 6.99. The van der Waals surface area contributed by atoms with Gasteiger partial charge < -0.3 is 0 Å². The summed E-state index contributed by atoms with van der Waals surface area (Å²) in [6.45, 7) is 2.68. The summed E-state index contributed by atoms with van der Waals surface area (Å²) in [5.74, 6) is 0.339. The summed E-state index contributed by atoms with van der Waals surface area (Å²) in [4.78, 5) is 12.6. The van der Waals surface area contributed by atoms with Gasteiger partial charge in [-0.2, -0.15) is 5.10 Å². The lowest BCUT2D eigenvalue weighted by Crippen LogP contribution is -2.20. The van der Waals surface area contributed by atoms with Gasteiger partial charge in [0.25, 0.3) is 0 Å². The second kappa shape index (κ2) is 6.37. The number of halogens is 1. The number of carbonyl (C=O) groups excluding carboxylic acids is 1. The van der Waals surface area contributed by atoms with Gasteiger partial charge in [-0.25, -0.2) is 0 Å². The molecule has 0 N–H and O–H groups in total. The molecule has 0 aromatic carbocycles. The van der Waals surface area contributed by atoms with Crippen LogP contribution in [-0.2, 0) is 6.54 Å².